The minimum Gasteiger partial charge on any atom is -0.487 e. The SMILES string of the molecule is Cc1c(Cl)cnc2c1OCC1CC(C(C)C)CCN21. The van der Waals surface area contributed by atoms with Crippen LogP contribution in [0.1, 0.15) is 32.3 Å². The van der Waals surface area contributed by atoms with Gasteiger partial charge in [0.2, 0.25) is 0 Å². The molecule has 0 aromatic carbocycles. The van der Waals surface area contributed by atoms with Gasteiger partial charge >= 0.3 is 0 Å². The number of hydrogen-bond donors (Lipinski definition) is 0. The molecule has 1 aromatic heterocycles. The normalized spacial score (nSPS) is 25.8. The van der Waals surface area contributed by atoms with Crippen LogP contribution in [-0.2, 0) is 0 Å². The lowest BCUT2D eigenvalue weighted by Gasteiger charge is -2.44. The number of piperidine rings is 1. The van der Waals surface area contributed by atoms with Crippen LogP contribution in [0.25, 0.3) is 0 Å². The fourth-order valence-electron chi connectivity index (χ4n) is 3.23. The monoisotopic (exact) mass is 280 g/mol. The van der Waals surface area contributed by atoms with Gasteiger partial charge in [0, 0.05) is 18.3 Å². The third-order valence-electron chi connectivity index (χ3n) is 4.59. The lowest BCUT2D eigenvalue weighted by Crippen LogP contribution is -2.49. The molecule has 0 saturated carbocycles. The smallest absolute Gasteiger partial charge is 0.172 e. The van der Waals surface area contributed by atoms with Gasteiger partial charge in [0.25, 0.3) is 0 Å². The van der Waals surface area contributed by atoms with Gasteiger partial charge in [0.1, 0.15) is 6.61 Å². The van der Waals surface area contributed by atoms with Crippen LogP contribution in [0.5, 0.6) is 5.75 Å². The molecule has 0 bridgehead atoms. The zero-order valence-corrected chi connectivity index (χ0v) is 12.6. The van der Waals surface area contributed by atoms with Crippen LogP contribution in [0.2, 0.25) is 5.02 Å². The third-order valence-corrected chi connectivity index (χ3v) is 4.97. The minimum absolute atomic E-state index is 0.474. The largest absolute Gasteiger partial charge is 0.487 e. The Kier molecular flexibility index (Phi) is 3.34. The van der Waals surface area contributed by atoms with E-state index in [1.165, 1.54) is 12.8 Å². The van der Waals surface area contributed by atoms with Gasteiger partial charge in [-0.3, -0.25) is 0 Å². The lowest BCUT2D eigenvalue weighted by molar-refractivity contribution is 0.188. The highest BCUT2D eigenvalue weighted by atomic mass is 35.5. The second-order valence-electron chi connectivity index (χ2n) is 6.07. The fraction of sp³-hybridized carbons (Fsp3) is 0.667. The lowest BCUT2D eigenvalue weighted by atomic mass is 9.82. The van der Waals surface area contributed by atoms with Gasteiger partial charge in [-0.05, 0) is 31.6 Å². The first kappa shape index (κ1) is 13.0. The molecule has 2 aliphatic rings. The van der Waals surface area contributed by atoms with E-state index in [-0.39, 0.29) is 0 Å². The van der Waals surface area contributed by atoms with Crippen molar-refractivity contribution in [3.8, 4) is 5.75 Å². The van der Waals surface area contributed by atoms with Crippen LogP contribution >= 0.6 is 11.6 Å². The molecule has 0 spiro atoms. The van der Waals surface area contributed by atoms with E-state index >= 15 is 0 Å². The van der Waals surface area contributed by atoms with Crippen LogP contribution in [-0.4, -0.2) is 24.2 Å². The van der Waals surface area contributed by atoms with E-state index in [0.717, 1.165) is 42.1 Å². The molecule has 0 N–H and O–H groups in total. The molecule has 0 amide bonds. The van der Waals surface area contributed by atoms with Crippen molar-refractivity contribution in [2.24, 2.45) is 11.8 Å². The molecule has 3 nitrogen and oxygen atoms in total. The molecule has 19 heavy (non-hydrogen) atoms. The Balaban J connectivity index is 1.89. The van der Waals surface area contributed by atoms with Crippen molar-refractivity contribution >= 4 is 17.4 Å². The average molecular weight is 281 g/mol. The Morgan fingerprint density at radius 1 is 1.47 bits per heavy atom. The van der Waals surface area contributed by atoms with Crippen molar-refractivity contribution < 1.29 is 4.74 Å². The molecular weight excluding hydrogens is 260 g/mol. The van der Waals surface area contributed by atoms with Crippen molar-refractivity contribution in [1.29, 1.82) is 0 Å². The molecule has 0 aliphatic carbocycles. The van der Waals surface area contributed by atoms with Crippen molar-refractivity contribution in [2.45, 2.75) is 39.7 Å². The molecule has 2 aliphatic heterocycles. The Labute approximate surface area is 119 Å². The zero-order chi connectivity index (χ0) is 13.6. The number of ether oxygens (including phenoxy) is 1. The van der Waals surface area contributed by atoms with E-state index in [9.17, 15) is 0 Å². The zero-order valence-electron chi connectivity index (χ0n) is 11.8. The summed E-state index contributed by atoms with van der Waals surface area (Å²) >= 11 is 6.12. The van der Waals surface area contributed by atoms with Crippen LogP contribution in [0.15, 0.2) is 6.20 Å². The quantitative estimate of drug-likeness (QED) is 0.785. The van der Waals surface area contributed by atoms with Crippen LogP contribution in [0.4, 0.5) is 5.82 Å². The van der Waals surface area contributed by atoms with E-state index in [0.29, 0.717) is 11.1 Å². The second kappa shape index (κ2) is 4.86. The maximum atomic E-state index is 6.12. The number of nitrogens with zero attached hydrogens (tertiary/aromatic N) is 2. The maximum Gasteiger partial charge on any atom is 0.172 e. The van der Waals surface area contributed by atoms with Crippen molar-refractivity contribution in [3.05, 3.63) is 16.8 Å². The first-order chi connectivity index (χ1) is 9.08. The number of halogens is 1. The highest BCUT2D eigenvalue weighted by molar-refractivity contribution is 6.31. The molecule has 1 saturated heterocycles. The molecule has 1 fully saturated rings. The van der Waals surface area contributed by atoms with Crippen LogP contribution in [0, 0.1) is 18.8 Å². The van der Waals surface area contributed by atoms with Gasteiger partial charge in [-0.25, -0.2) is 4.98 Å². The van der Waals surface area contributed by atoms with E-state index in [2.05, 4.69) is 23.7 Å². The number of hydrogen-bond acceptors (Lipinski definition) is 3. The standard InChI is InChI=1S/C15H21ClN2O/c1-9(2)11-4-5-18-12(6-11)8-19-14-10(3)13(16)7-17-15(14)18/h7,9,11-12H,4-6,8H2,1-3H3. The number of aromatic nitrogens is 1. The van der Waals surface area contributed by atoms with Gasteiger partial charge in [0.15, 0.2) is 11.6 Å². The summed E-state index contributed by atoms with van der Waals surface area (Å²) in [6.07, 6.45) is 4.20. The van der Waals surface area contributed by atoms with Gasteiger partial charge in [-0.1, -0.05) is 25.4 Å². The van der Waals surface area contributed by atoms with E-state index in [1.807, 2.05) is 6.92 Å². The summed E-state index contributed by atoms with van der Waals surface area (Å²) in [5, 5.41) is 0.689. The Bertz CT molecular complexity index is 489. The predicted octanol–water partition coefficient (Wildman–Crippen LogP) is 3.68. The summed E-state index contributed by atoms with van der Waals surface area (Å²) in [5.41, 5.74) is 1.01. The molecule has 2 atom stereocenters. The molecule has 104 valence electrons. The second-order valence-corrected chi connectivity index (χ2v) is 6.48. The van der Waals surface area contributed by atoms with Gasteiger partial charge in [-0.2, -0.15) is 0 Å². The average Bonchev–Trinajstić information content (AvgIpc) is 2.41. The van der Waals surface area contributed by atoms with Crippen molar-refractivity contribution in [3.63, 3.8) is 0 Å². The van der Waals surface area contributed by atoms with Crippen molar-refractivity contribution in [2.75, 3.05) is 18.1 Å². The Morgan fingerprint density at radius 3 is 3.00 bits per heavy atom. The Morgan fingerprint density at radius 2 is 2.26 bits per heavy atom. The number of fused-ring (bicyclic) bond motifs is 3. The van der Waals surface area contributed by atoms with Gasteiger partial charge < -0.3 is 9.64 Å². The third kappa shape index (κ3) is 2.18. The summed E-state index contributed by atoms with van der Waals surface area (Å²) in [5.74, 6) is 3.43. The summed E-state index contributed by atoms with van der Waals surface area (Å²) in [7, 11) is 0. The van der Waals surface area contributed by atoms with Crippen LogP contribution < -0.4 is 9.64 Å². The number of rotatable bonds is 1. The minimum atomic E-state index is 0.474. The number of anilines is 1. The maximum absolute atomic E-state index is 6.12. The summed E-state index contributed by atoms with van der Waals surface area (Å²) < 4.78 is 5.94. The molecule has 4 heteroatoms. The first-order valence-corrected chi connectivity index (χ1v) is 7.50. The molecule has 3 heterocycles. The Hall–Kier alpha value is -0.960. The van der Waals surface area contributed by atoms with Crippen LogP contribution in [0.3, 0.4) is 0 Å². The summed E-state index contributed by atoms with van der Waals surface area (Å²) in [6, 6.07) is 0.474. The molecule has 2 unspecified atom stereocenters. The van der Waals surface area contributed by atoms with E-state index < -0.39 is 0 Å². The van der Waals surface area contributed by atoms with Gasteiger partial charge in [-0.15, -0.1) is 0 Å². The molecule has 0 radical (unpaired) electrons. The van der Waals surface area contributed by atoms with Crippen molar-refractivity contribution in [1.82, 2.24) is 4.98 Å². The first-order valence-electron chi connectivity index (χ1n) is 7.12. The molecular formula is C15H21ClN2O. The van der Waals surface area contributed by atoms with E-state index in [1.54, 1.807) is 6.20 Å². The summed E-state index contributed by atoms with van der Waals surface area (Å²) in [4.78, 5) is 6.92. The highest BCUT2D eigenvalue weighted by Crippen LogP contribution is 2.41. The summed E-state index contributed by atoms with van der Waals surface area (Å²) in [6.45, 7) is 8.49. The van der Waals surface area contributed by atoms with Gasteiger partial charge in [0.05, 0.1) is 11.1 Å². The molecule has 3 rings (SSSR count). The predicted molar refractivity (Wildman–Crippen MR) is 78.2 cm³/mol. The van der Waals surface area contributed by atoms with E-state index in [4.69, 9.17) is 16.3 Å². The number of pyridine rings is 1. The topological polar surface area (TPSA) is 25.4 Å². The molecule has 1 aromatic rings. The highest BCUT2D eigenvalue weighted by Gasteiger charge is 2.36. The fourth-order valence-corrected chi connectivity index (χ4v) is 3.37.